The SMILES string of the molecule is COc1cccc2c1C(=O)c1c(O)c3c(c(O)c1C2=O)C[C@@](O)(C(=O)COC(=O)COc1ccc(-c2cc(=S)ss2)cc1)C[C@@H]3O[C@H]1C[C@H](N)[C@H](O)[C@H](C)O1.Cl. The third-order valence-corrected chi connectivity index (χ3v) is 12.9. The zero-order valence-electron chi connectivity index (χ0n) is 29.7. The van der Waals surface area contributed by atoms with Crippen molar-refractivity contribution in [2.24, 2.45) is 5.73 Å². The summed E-state index contributed by atoms with van der Waals surface area (Å²) in [7, 11) is 4.34. The summed E-state index contributed by atoms with van der Waals surface area (Å²) in [5.74, 6) is -4.52. The van der Waals surface area contributed by atoms with Gasteiger partial charge in [-0.1, -0.05) is 45.0 Å². The lowest BCUT2D eigenvalue weighted by atomic mass is 9.72. The highest BCUT2D eigenvalue weighted by molar-refractivity contribution is 7.80. The van der Waals surface area contributed by atoms with E-state index in [1.54, 1.807) is 29.4 Å². The number of carbonyl (C=O) groups excluding carboxylic acids is 4. The highest BCUT2D eigenvalue weighted by Gasteiger charge is 2.50. The summed E-state index contributed by atoms with van der Waals surface area (Å²) in [6.07, 6.45) is -5.63. The largest absolute Gasteiger partial charge is 0.507 e. The van der Waals surface area contributed by atoms with E-state index >= 15 is 0 Å². The molecule has 0 saturated carbocycles. The van der Waals surface area contributed by atoms with Gasteiger partial charge < -0.3 is 49.8 Å². The van der Waals surface area contributed by atoms with Gasteiger partial charge in [0.1, 0.15) is 32.4 Å². The Kier molecular flexibility index (Phi) is 12.0. The van der Waals surface area contributed by atoms with E-state index in [-0.39, 0.29) is 46.8 Å². The van der Waals surface area contributed by atoms with Crippen LogP contribution in [0.5, 0.6) is 23.0 Å². The molecule has 296 valence electrons. The lowest BCUT2D eigenvalue weighted by Gasteiger charge is -2.42. The van der Waals surface area contributed by atoms with E-state index in [9.17, 15) is 39.6 Å². The van der Waals surface area contributed by atoms with Crippen molar-refractivity contribution in [2.45, 2.75) is 62.4 Å². The van der Waals surface area contributed by atoms with Crippen LogP contribution in [0.2, 0.25) is 0 Å². The van der Waals surface area contributed by atoms with Gasteiger partial charge in [0.15, 0.2) is 25.3 Å². The first-order valence-corrected chi connectivity index (χ1v) is 19.6. The monoisotopic (exact) mass is 845 g/mol. The van der Waals surface area contributed by atoms with Crippen LogP contribution in [0.15, 0.2) is 48.5 Å². The number of fused-ring (bicyclic) bond motifs is 3. The third kappa shape index (κ3) is 7.58. The molecule has 2 aliphatic carbocycles. The number of hydrogen-bond donors (Lipinski definition) is 5. The fourth-order valence-corrected chi connectivity index (χ4v) is 9.56. The first-order valence-electron chi connectivity index (χ1n) is 17.1. The number of aliphatic hydroxyl groups excluding tert-OH is 1. The molecule has 0 unspecified atom stereocenters. The minimum Gasteiger partial charge on any atom is -0.507 e. The van der Waals surface area contributed by atoms with Gasteiger partial charge in [-0.25, -0.2) is 4.79 Å². The fraction of sp³-hybridized carbons (Fsp3) is 0.342. The first-order chi connectivity index (χ1) is 26.2. The van der Waals surface area contributed by atoms with Crippen LogP contribution < -0.4 is 15.2 Å². The highest BCUT2D eigenvalue weighted by atomic mass is 35.5. The average Bonchev–Trinajstić information content (AvgIpc) is 3.61. The second-order valence-electron chi connectivity index (χ2n) is 13.5. The number of phenols is 2. The predicted octanol–water partition coefficient (Wildman–Crippen LogP) is 4.57. The highest BCUT2D eigenvalue weighted by Crippen LogP contribution is 2.52. The maximum absolute atomic E-state index is 13.9. The summed E-state index contributed by atoms with van der Waals surface area (Å²) in [5.41, 5.74) is 3.02. The molecule has 6 atom stereocenters. The average molecular weight is 846 g/mol. The summed E-state index contributed by atoms with van der Waals surface area (Å²) >= 11 is 5.19. The number of aliphatic hydroxyl groups is 2. The molecule has 0 amide bonds. The predicted molar refractivity (Wildman–Crippen MR) is 207 cm³/mol. The quantitative estimate of drug-likeness (QED) is 0.0563. The van der Waals surface area contributed by atoms with Crippen LogP contribution in [0, 0.1) is 3.82 Å². The molecule has 56 heavy (non-hydrogen) atoms. The molecule has 18 heteroatoms. The lowest BCUT2D eigenvalue weighted by Crippen LogP contribution is -2.53. The summed E-state index contributed by atoms with van der Waals surface area (Å²) < 4.78 is 28.8. The molecule has 1 saturated heterocycles. The number of aromatic hydroxyl groups is 2. The molecule has 0 radical (unpaired) electrons. The number of nitrogens with two attached hydrogens (primary N) is 1. The van der Waals surface area contributed by atoms with E-state index in [4.69, 9.17) is 41.6 Å². The van der Waals surface area contributed by atoms with Crippen molar-refractivity contribution < 1.29 is 63.3 Å². The number of esters is 1. The lowest BCUT2D eigenvalue weighted by molar-refractivity contribution is -0.247. The molecule has 1 aliphatic heterocycles. The molecule has 3 aromatic carbocycles. The van der Waals surface area contributed by atoms with Gasteiger partial charge in [0.2, 0.25) is 11.6 Å². The molecule has 7 rings (SSSR count). The standard InChI is InChI=1S/C38H35NO13S3.ClH/c1-16-33(42)21(39)10-27(51-16)52-23-13-38(47,25(40)14-50-26(41)15-49-18-8-6-17(7-9-18)24-11-28(53)55-54-24)12-20-30(23)37(46)32-31(35(20)44)34(43)19-4-3-5-22(48-2)29(19)36(32)45;/h3-9,11,16,21,23,27,33,42,44,46-47H,10,12-15,39H2,1-2H3;1H/t16-,21-,23-,27-,33+,38-;/m0./s1. The minimum atomic E-state index is -2.38. The van der Waals surface area contributed by atoms with Gasteiger partial charge in [-0.15, -0.1) is 12.4 Å². The van der Waals surface area contributed by atoms with Crippen LogP contribution in [-0.4, -0.2) is 94.2 Å². The van der Waals surface area contributed by atoms with Crippen molar-refractivity contribution in [3.05, 3.63) is 85.7 Å². The Hall–Kier alpha value is -4.30. The van der Waals surface area contributed by atoms with Gasteiger partial charge >= 0.3 is 5.97 Å². The van der Waals surface area contributed by atoms with Crippen LogP contribution in [0.4, 0.5) is 0 Å². The number of ether oxygens (including phenoxy) is 5. The number of phenolic OH excluding ortho intramolecular Hbond substituents is 2. The second-order valence-corrected chi connectivity index (χ2v) is 16.4. The Balaban J connectivity index is 0.00000532. The molecule has 0 spiro atoms. The van der Waals surface area contributed by atoms with Gasteiger partial charge in [-0.3, -0.25) is 14.4 Å². The molecule has 4 aromatic rings. The Morgan fingerprint density at radius 1 is 1.02 bits per heavy atom. The van der Waals surface area contributed by atoms with Crippen LogP contribution in [0.3, 0.4) is 0 Å². The van der Waals surface area contributed by atoms with Crippen molar-refractivity contribution in [3.63, 3.8) is 0 Å². The van der Waals surface area contributed by atoms with E-state index in [0.29, 0.717) is 5.75 Å². The Morgan fingerprint density at radius 3 is 2.39 bits per heavy atom. The number of carbonyl (C=O) groups is 4. The van der Waals surface area contributed by atoms with Crippen molar-refractivity contribution in [2.75, 3.05) is 20.3 Å². The molecule has 0 bridgehead atoms. The second kappa shape index (κ2) is 16.3. The first kappa shape index (κ1) is 41.3. The van der Waals surface area contributed by atoms with Crippen molar-refractivity contribution >= 4 is 68.6 Å². The minimum absolute atomic E-state index is 0. The molecule has 3 aliphatic rings. The third-order valence-electron chi connectivity index (χ3n) is 9.98. The number of methoxy groups -OCH3 is 1. The summed E-state index contributed by atoms with van der Waals surface area (Å²) in [6, 6.07) is 12.4. The van der Waals surface area contributed by atoms with E-state index < -0.39 is 108 Å². The maximum atomic E-state index is 13.9. The number of rotatable bonds is 10. The molecule has 1 fully saturated rings. The van der Waals surface area contributed by atoms with Crippen LogP contribution in [-0.2, 0) is 30.2 Å². The molecule has 2 heterocycles. The molecule has 14 nitrogen and oxygen atoms in total. The molecule has 1 aromatic heterocycles. The molecular weight excluding hydrogens is 810 g/mol. The van der Waals surface area contributed by atoms with E-state index in [2.05, 4.69) is 0 Å². The molecule has 6 N–H and O–H groups in total. The summed E-state index contributed by atoms with van der Waals surface area (Å²) in [4.78, 5) is 55.1. The number of benzene rings is 3. The van der Waals surface area contributed by atoms with Crippen molar-refractivity contribution in [1.82, 2.24) is 0 Å². The zero-order chi connectivity index (χ0) is 39.3. The van der Waals surface area contributed by atoms with Gasteiger partial charge in [0, 0.05) is 46.9 Å². The number of Topliss-reactive ketones (excluding diaryl/α,β-unsaturated/α-hetero) is 1. The van der Waals surface area contributed by atoms with Gasteiger partial charge in [-0.05, 0) is 48.9 Å². The Labute approximate surface area is 338 Å². The smallest absolute Gasteiger partial charge is 0.344 e. The Morgan fingerprint density at radius 2 is 1.73 bits per heavy atom. The Bertz CT molecular complexity index is 2260. The topological polar surface area (TPSA) is 221 Å². The number of hydrogen-bond acceptors (Lipinski definition) is 17. The van der Waals surface area contributed by atoms with E-state index in [0.717, 1.165) is 14.3 Å². The van der Waals surface area contributed by atoms with Gasteiger partial charge in [-0.2, -0.15) is 0 Å². The molecular formula is C38H36ClNO13S3. The van der Waals surface area contributed by atoms with Crippen LogP contribution in [0.25, 0.3) is 10.4 Å². The normalized spacial score (nSPS) is 23.9. The summed E-state index contributed by atoms with van der Waals surface area (Å²) in [6.45, 7) is 0.113. The zero-order valence-corrected chi connectivity index (χ0v) is 33.0. The van der Waals surface area contributed by atoms with Crippen molar-refractivity contribution in [1.29, 1.82) is 0 Å². The van der Waals surface area contributed by atoms with E-state index in [1.165, 1.54) is 35.6 Å². The van der Waals surface area contributed by atoms with Gasteiger partial charge in [0.25, 0.3) is 0 Å². The van der Waals surface area contributed by atoms with Crippen molar-refractivity contribution in [3.8, 4) is 33.4 Å². The van der Waals surface area contributed by atoms with Crippen LogP contribution in [0.1, 0.15) is 68.8 Å². The maximum Gasteiger partial charge on any atom is 0.344 e. The number of ketones is 3. The van der Waals surface area contributed by atoms with Gasteiger partial charge in [0.05, 0.1) is 42.1 Å². The summed E-state index contributed by atoms with van der Waals surface area (Å²) in [5, 5.41) is 45.7. The van der Waals surface area contributed by atoms with Crippen LogP contribution >= 0.6 is 45.3 Å². The van der Waals surface area contributed by atoms with E-state index in [1.807, 2.05) is 18.2 Å². The number of halogens is 1. The fourth-order valence-electron chi connectivity index (χ4n) is 7.16.